The van der Waals surface area contributed by atoms with Crippen LogP contribution in [0.4, 0.5) is 0 Å². The molecule has 12 heteroatoms. The molecule has 2 aliphatic rings. The maximum Gasteiger partial charge on any atom is 0.308 e. The minimum Gasteiger partial charge on any atom is -0.433 e. The van der Waals surface area contributed by atoms with E-state index >= 15 is 0 Å². The monoisotopic (exact) mass is 524 g/mol. The van der Waals surface area contributed by atoms with Gasteiger partial charge in [0.05, 0.1) is 13.2 Å². The van der Waals surface area contributed by atoms with Crippen molar-refractivity contribution in [3.8, 4) is 0 Å². The topological polar surface area (TPSA) is 196 Å². The highest BCUT2D eigenvalue weighted by Gasteiger charge is 2.51. The van der Waals surface area contributed by atoms with Crippen LogP contribution in [-0.2, 0) is 23.7 Å². The van der Waals surface area contributed by atoms with Gasteiger partial charge in [-0.3, -0.25) is 4.79 Å². The summed E-state index contributed by atoms with van der Waals surface area (Å²) in [7, 11) is 0. The molecular weight excluding hydrogens is 480 g/mol. The van der Waals surface area contributed by atoms with Crippen LogP contribution >= 0.6 is 0 Å². The van der Waals surface area contributed by atoms with Crippen LogP contribution in [0.5, 0.6) is 0 Å². The third kappa shape index (κ3) is 8.83. The van der Waals surface area contributed by atoms with Crippen LogP contribution in [0.15, 0.2) is 0 Å². The van der Waals surface area contributed by atoms with Gasteiger partial charge in [-0.15, -0.1) is 0 Å². The van der Waals surface area contributed by atoms with E-state index in [0.717, 1.165) is 19.3 Å². The van der Waals surface area contributed by atoms with Crippen LogP contribution in [0.2, 0.25) is 0 Å². The second-order valence-electron chi connectivity index (χ2n) is 9.57. The molecule has 2 rings (SSSR count). The Labute approximate surface area is 211 Å². The molecule has 2 fully saturated rings. The van der Waals surface area contributed by atoms with Crippen LogP contribution < -0.4 is 0 Å². The van der Waals surface area contributed by atoms with Crippen molar-refractivity contribution in [1.29, 1.82) is 0 Å². The first kappa shape index (κ1) is 31.3. The molecule has 7 N–H and O–H groups in total. The maximum absolute atomic E-state index is 12.2. The fourth-order valence-corrected chi connectivity index (χ4v) is 4.42. The van der Waals surface area contributed by atoms with E-state index < -0.39 is 80.6 Å². The summed E-state index contributed by atoms with van der Waals surface area (Å²) >= 11 is 0. The lowest BCUT2D eigenvalue weighted by atomic mass is 9.97. The van der Waals surface area contributed by atoms with Crippen molar-refractivity contribution < 1.29 is 59.5 Å². The predicted molar refractivity (Wildman–Crippen MR) is 124 cm³/mol. The van der Waals surface area contributed by atoms with E-state index in [-0.39, 0.29) is 6.42 Å². The molecule has 0 amide bonds. The maximum atomic E-state index is 12.2. The number of aliphatic hydroxyl groups excluding tert-OH is 7. The van der Waals surface area contributed by atoms with Crippen molar-refractivity contribution >= 4 is 5.97 Å². The molecule has 2 saturated heterocycles. The fourth-order valence-electron chi connectivity index (χ4n) is 4.42. The van der Waals surface area contributed by atoms with Crippen LogP contribution in [0.3, 0.4) is 0 Å². The number of esters is 1. The summed E-state index contributed by atoms with van der Waals surface area (Å²) in [6, 6.07) is 0. The van der Waals surface area contributed by atoms with Gasteiger partial charge in [-0.1, -0.05) is 58.3 Å². The zero-order valence-electron chi connectivity index (χ0n) is 20.9. The summed E-state index contributed by atoms with van der Waals surface area (Å²) in [5.41, 5.74) is 0. The molecule has 0 aromatic carbocycles. The number of unbranched alkanes of at least 4 members (excludes halogenated alkanes) is 8. The van der Waals surface area contributed by atoms with Crippen molar-refractivity contribution in [2.75, 3.05) is 13.2 Å². The molecule has 10 atom stereocenters. The highest BCUT2D eigenvalue weighted by molar-refractivity contribution is 5.69. The van der Waals surface area contributed by atoms with Crippen molar-refractivity contribution in [2.45, 2.75) is 133 Å². The standard InChI is InChI=1S/C24H44O12/c1-2-3-4-5-6-7-8-9-10-11-16(27)35-23-21(32)19(30)22(15(13-26)34-23)36-24-20(31)18(29)17(28)14(12-25)33-24/h14-15,17-26,28-32H,2-13H2,1H3. The predicted octanol–water partition coefficient (Wildman–Crippen LogP) is -0.925. The van der Waals surface area contributed by atoms with Crippen LogP contribution in [0.25, 0.3) is 0 Å². The van der Waals surface area contributed by atoms with Gasteiger partial charge >= 0.3 is 5.97 Å². The van der Waals surface area contributed by atoms with Crippen molar-refractivity contribution in [2.24, 2.45) is 0 Å². The summed E-state index contributed by atoms with van der Waals surface area (Å²) in [5, 5.41) is 70.0. The first-order valence-corrected chi connectivity index (χ1v) is 13.0. The van der Waals surface area contributed by atoms with Gasteiger partial charge in [0.1, 0.15) is 48.8 Å². The molecule has 0 aromatic rings. The lowest BCUT2D eigenvalue weighted by Gasteiger charge is -2.45. The smallest absolute Gasteiger partial charge is 0.308 e. The van der Waals surface area contributed by atoms with Gasteiger partial charge in [0, 0.05) is 6.42 Å². The van der Waals surface area contributed by atoms with Gasteiger partial charge < -0.3 is 54.7 Å². The second-order valence-corrected chi connectivity index (χ2v) is 9.57. The Kier molecular flexibility index (Phi) is 14.0. The lowest BCUT2D eigenvalue weighted by Crippen LogP contribution is -2.64. The van der Waals surface area contributed by atoms with E-state index in [1.54, 1.807) is 0 Å². The zero-order valence-corrected chi connectivity index (χ0v) is 20.9. The Balaban J connectivity index is 1.81. The largest absolute Gasteiger partial charge is 0.433 e. The van der Waals surface area contributed by atoms with Gasteiger partial charge in [-0.05, 0) is 6.42 Å². The summed E-state index contributed by atoms with van der Waals surface area (Å²) in [4.78, 5) is 12.2. The molecule has 0 aromatic heterocycles. The lowest BCUT2D eigenvalue weighted by molar-refractivity contribution is -0.355. The molecule has 0 aliphatic carbocycles. The van der Waals surface area contributed by atoms with Crippen LogP contribution in [0.1, 0.15) is 71.1 Å². The number of carbonyl (C=O) groups excluding carboxylic acids is 1. The highest BCUT2D eigenvalue weighted by atomic mass is 16.7. The fraction of sp³-hybridized carbons (Fsp3) is 0.958. The van der Waals surface area contributed by atoms with E-state index in [9.17, 15) is 40.5 Å². The number of ether oxygens (including phenoxy) is 4. The summed E-state index contributed by atoms with van der Waals surface area (Å²) in [5.74, 6) is -0.612. The van der Waals surface area contributed by atoms with E-state index in [0.29, 0.717) is 6.42 Å². The Morgan fingerprint density at radius 2 is 1.19 bits per heavy atom. The second kappa shape index (κ2) is 16.1. The quantitative estimate of drug-likeness (QED) is 0.103. The van der Waals surface area contributed by atoms with Crippen molar-refractivity contribution in [1.82, 2.24) is 0 Å². The van der Waals surface area contributed by atoms with Gasteiger partial charge in [-0.25, -0.2) is 0 Å². The Bertz CT molecular complexity index is 618. The number of rotatable bonds is 15. The molecule has 2 aliphatic heterocycles. The highest BCUT2D eigenvalue weighted by Crippen LogP contribution is 2.29. The number of carbonyl (C=O) groups is 1. The van der Waals surface area contributed by atoms with E-state index in [4.69, 9.17) is 18.9 Å². The summed E-state index contributed by atoms with van der Waals surface area (Å²) in [6.45, 7) is 0.799. The molecular formula is C24H44O12. The molecule has 212 valence electrons. The number of hydrogen-bond acceptors (Lipinski definition) is 12. The summed E-state index contributed by atoms with van der Waals surface area (Å²) in [6.07, 6.45) is -5.78. The molecule has 0 saturated carbocycles. The normalized spacial score (nSPS) is 37.1. The van der Waals surface area contributed by atoms with Crippen molar-refractivity contribution in [3.63, 3.8) is 0 Å². The van der Waals surface area contributed by atoms with Crippen LogP contribution in [-0.4, -0.2) is 116 Å². The number of hydrogen-bond donors (Lipinski definition) is 7. The van der Waals surface area contributed by atoms with Gasteiger partial charge in [0.15, 0.2) is 6.29 Å². The first-order valence-electron chi connectivity index (χ1n) is 13.0. The van der Waals surface area contributed by atoms with E-state index in [1.807, 2.05) is 0 Å². The van der Waals surface area contributed by atoms with Crippen molar-refractivity contribution in [3.05, 3.63) is 0 Å². The summed E-state index contributed by atoms with van der Waals surface area (Å²) < 4.78 is 21.4. The molecule has 0 spiro atoms. The Hall–Kier alpha value is -0.930. The minimum absolute atomic E-state index is 0.118. The SMILES string of the molecule is CCCCCCCCCCCC(=O)OC1OC(CO)C(OC2OC(CO)C(O)C(O)C2O)C(O)C1O. The van der Waals surface area contributed by atoms with Gasteiger partial charge in [-0.2, -0.15) is 0 Å². The van der Waals surface area contributed by atoms with Gasteiger partial charge in [0.2, 0.25) is 6.29 Å². The molecule has 12 nitrogen and oxygen atoms in total. The van der Waals surface area contributed by atoms with Gasteiger partial charge in [0.25, 0.3) is 0 Å². The Morgan fingerprint density at radius 1 is 0.667 bits per heavy atom. The van der Waals surface area contributed by atoms with Crippen LogP contribution in [0, 0.1) is 0 Å². The van der Waals surface area contributed by atoms with E-state index in [2.05, 4.69) is 6.92 Å². The molecule has 0 radical (unpaired) electrons. The average molecular weight is 525 g/mol. The minimum atomic E-state index is -1.75. The molecule has 36 heavy (non-hydrogen) atoms. The number of aliphatic hydroxyl groups is 7. The average Bonchev–Trinajstić information content (AvgIpc) is 2.87. The Morgan fingerprint density at radius 3 is 1.78 bits per heavy atom. The molecule has 2 heterocycles. The molecule has 10 unspecified atom stereocenters. The zero-order chi connectivity index (χ0) is 26.7. The third-order valence-corrected chi connectivity index (χ3v) is 6.69. The first-order chi connectivity index (χ1) is 17.2. The van der Waals surface area contributed by atoms with E-state index in [1.165, 1.54) is 32.1 Å². The molecule has 0 bridgehead atoms. The third-order valence-electron chi connectivity index (χ3n) is 6.69.